The third-order valence-electron chi connectivity index (χ3n) is 6.21. The minimum atomic E-state index is -7.91. The van der Waals surface area contributed by atoms with Crippen LogP contribution < -0.4 is 4.74 Å². The van der Waals surface area contributed by atoms with Gasteiger partial charge in [0.2, 0.25) is 0 Å². The van der Waals surface area contributed by atoms with Crippen molar-refractivity contribution in [3.8, 4) is 5.75 Å². The third-order valence-corrected chi connectivity index (χ3v) is 6.21. The van der Waals surface area contributed by atoms with Crippen molar-refractivity contribution >= 4 is 0 Å². The Morgan fingerprint density at radius 3 is 1.78 bits per heavy atom. The van der Waals surface area contributed by atoms with E-state index in [0.29, 0.717) is 11.3 Å². The average molecular weight is 616 g/mol. The molecule has 0 aromatic heterocycles. The zero-order valence-electron chi connectivity index (χ0n) is 20.5. The first kappa shape index (κ1) is 32.8. The predicted molar refractivity (Wildman–Crippen MR) is 115 cm³/mol. The fourth-order valence-corrected chi connectivity index (χ4v) is 3.74. The number of hydrogen-bond acceptors (Lipinski definition) is 3. The lowest BCUT2D eigenvalue weighted by Crippen LogP contribution is -2.70. The molecule has 3 rings (SSSR count). The summed E-state index contributed by atoms with van der Waals surface area (Å²) in [6.07, 6.45) is -11.9. The maximum atomic E-state index is 14.1. The summed E-state index contributed by atoms with van der Waals surface area (Å²) >= 11 is 0. The van der Waals surface area contributed by atoms with Crippen LogP contribution in [0.1, 0.15) is 30.3 Å². The van der Waals surface area contributed by atoms with Crippen LogP contribution in [0.25, 0.3) is 0 Å². The predicted octanol–water partition coefficient (Wildman–Crippen LogP) is 8.45. The van der Waals surface area contributed by atoms with E-state index in [4.69, 9.17) is 14.2 Å². The normalized spacial score (nSPS) is 19.7. The first-order chi connectivity index (χ1) is 18.7. The number of hydrogen-bond donors (Lipinski definition) is 0. The van der Waals surface area contributed by atoms with E-state index in [-0.39, 0.29) is 6.61 Å². The van der Waals surface area contributed by atoms with Crippen molar-refractivity contribution in [2.45, 2.75) is 61.5 Å². The Balaban J connectivity index is 1.60. The molecule has 0 bridgehead atoms. The van der Waals surface area contributed by atoms with Gasteiger partial charge in [0.1, 0.15) is 12.4 Å². The summed E-state index contributed by atoms with van der Waals surface area (Å²) < 4.78 is 189. The van der Waals surface area contributed by atoms with Crippen molar-refractivity contribution in [2.75, 3.05) is 13.2 Å². The van der Waals surface area contributed by atoms with Crippen LogP contribution in [0.3, 0.4) is 0 Å². The van der Waals surface area contributed by atoms with Crippen LogP contribution in [-0.2, 0) is 16.1 Å². The molecular formula is C25H21F13O3. The van der Waals surface area contributed by atoms with Gasteiger partial charge >= 0.3 is 35.8 Å². The minimum absolute atomic E-state index is 0.219. The zero-order chi connectivity index (χ0) is 30.9. The van der Waals surface area contributed by atoms with Crippen LogP contribution >= 0.6 is 0 Å². The van der Waals surface area contributed by atoms with Crippen LogP contribution in [0.15, 0.2) is 54.6 Å². The highest BCUT2D eigenvalue weighted by Gasteiger charge is 2.90. The highest BCUT2D eigenvalue weighted by atomic mass is 19.4. The molecule has 230 valence electrons. The second-order valence-corrected chi connectivity index (χ2v) is 9.25. The van der Waals surface area contributed by atoms with E-state index < -0.39 is 74.1 Å². The third kappa shape index (κ3) is 6.37. The highest BCUT2D eigenvalue weighted by molar-refractivity contribution is 5.30. The number of rotatable bonds is 11. The van der Waals surface area contributed by atoms with Crippen molar-refractivity contribution in [3.63, 3.8) is 0 Å². The molecule has 1 fully saturated rings. The second kappa shape index (κ2) is 11.5. The van der Waals surface area contributed by atoms with Crippen molar-refractivity contribution in [1.29, 1.82) is 0 Å². The summed E-state index contributed by atoms with van der Waals surface area (Å²) in [5, 5.41) is 0. The Hall–Kier alpha value is -2.75. The number of benzene rings is 2. The summed E-state index contributed by atoms with van der Waals surface area (Å²) in [4.78, 5) is 0. The Kier molecular flexibility index (Phi) is 9.19. The standard InChI is InChI=1S/C25H21F13O3/c26-20(27,21(28,29)22(30,31)23(32,33)24(34,35)25(36,37)38)10-9-16-13-40-19(41-14-16)17-7-4-8-18(11-17)39-12-15-5-2-1-3-6-15/h1-8,11,16,19H,9-10,12-14H2. The van der Waals surface area contributed by atoms with Gasteiger partial charge in [-0.25, -0.2) is 0 Å². The summed E-state index contributed by atoms with van der Waals surface area (Å²) in [5.74, 6) is -37.6. The van der Waals surface area contributed by atoms with Gasteiger partial charge in [0, 0.05) is 17.9 Å². The maximum absolute atomic E-state index is 14.1. The van der Waals surface area contributed by atoms with Gasteiger partial charge in [0.25, 0.3) is 0 Å². The first-order valence-electron chi connectivity index (χ1n) is 11.7. The van der Waals surface area contributed by atoms with E-state index in [1.807, 2.05) is 18.2 Å². The molecule has 0 radical (unpaired) electrons. The van der Waals surface area contributed by atoms with Gasteiger partial charge in [0.05, 0.1) is 13.2 Å². The maximum Gasteiger partial charge on any atom is 0.460 e. The lowest BCUT2D eigenvalue weighted by atomic mass is 9.90. The zero-order valence-corrected chi connectivity index (χ0v) is 20.5. The fourth-order valence-electron chi connectivity index (χ4n) is 3.74. The van der Waals surface area contributed by atoms with E-state index in [1.165, 1.54) is 6.07 Å². The van der Waals surface area contributed by atoms with Crippen LogP contribution in [0.2, 0.25) is 0 Å². The van der Waals surface area contributed by atoms with Crippen molar-refractivity contribution in [1.82, 2.24) is 0 Å². The van der Waals surface area contributed by atoms with E-state index in [0.717, 1.165) is 5.56 Å². The Bertz CT molecular complexity index is 1140. The molecule has 1 saturated heterocycles. The van der Waals surface area contributed by atoms with Gasteiger partial charge < -0.3 is 14.2 Å². The molecule has 41 heavy (non-hydrogen) atoms. The quantitative estimate of drug-likeness (QED) is 0.237. The summed E-state index contributed by atoms with van der Waals surface area (Å²) in [7, 11) is 0. The number of ether oxygens (including phenoxy) is 3. The Labute approximate surface area is 224 Å². The largest absolute Gasteiger partial charge is 0.489 e. The Morgan fingerprint density at radius 2 is 1.22 bits per heavy atom. The monoisotopic (exact) mass is 616 g/mol. The van der Waals surface area contributed by atoms with E-state index >= 15 is 0 Å². The van der Waals surface area contributed by atoms with Crippen LogP contribution in [0, 0.1) is 5.92 Å². The fraction of sp³-hybridized carbons (Fsp3) is 0.520. The summed E-state index contributed by atoms with van der Waals surface area (Å²) in [6.45, 7) is -0.698. The molecular weight excluding hydrogens is 595 g/mol. The molecule has 1 aliphatic heterocycles. The van der Waals surface area contributed by atoms with Gasteiger partial charge in [-0.2, -0.15) is 57.1 Å². The van der Waals surface area contributed by atoms with Crippen molar-refractivity contribution in [2.24, 2.45) is 5.92 Å². The second-order valence-electron chi connectivity index (χ2n) is 9.25. The van der Waals surface area contributed by atoms with Crippen molar-refractivity contribution < 1.29 is 71.3 Å². The molecule has 2 aromatic carbocycles. The Morgan fingerprint density at radius 1 is 0.659 bits per heavy atom. The molecule has 1 heterocycles. The van der Waals surface area contributed by atoms with Crippen LogP contribution in [0.4, 0.5) is 57.1 Å². The van der Waals surface area contributed by atoms with Gasteiger partial charge in [-0.05, 0) is 24.1 Å². The smallest absolute Gasteiger partial charge is 0.460 e. The average Bonchev–Trinajstić information content (AvgIpc) is 2.91. The van der Waals surface area contributed by atoms with E-state index in [9.17, 15) is 57.1 Å². The van der Waals surface area contributed by atoms with Gasteiger partial charge in [-0.3, -0.25) is 0 Å². The molecule has 0 N–H and O–H groups in total. The lowest BCUT2D eigenvalue weighted by molar-refractivity contribution is -0.440. The SMILES string of the molecule is FC(F)(F)C(F)(F)C(F)(F)C(F)(F)C(F)(F)C(F)(F)CCC1COC(c2cccc(OCc3ccccc3)c2)OC1. The molecule has 0 aliphatic carbocycles. The van der Waals surface area contributed by atoms with Crippen LogP contribution in [-0.4, -0.2) is 49.0 Å². The molecule has 1 aliphatic rings. The molecule has 2 aromatic rings. The molecule has 0 atom stereocenters. The summed E-state index contributed by atoms with van der Waals surface area (Å²) in [5.41, 5.74) is 1.27. The minimum Gasteiger partial charge on any atom is -0.489 e. The molecule has 16 heteroatoms. The lowest BCUT2D eigenvalue weighted by Gasteiger charge is -2.40. The van der Waals surface area contributed by atoms with E-state index in [1.54, 1.807) is 30.3 Å². The number of halogens is 13. The molecule has 0 amide bonds. The molecule has 0 spiro atoms. The molecule has 0 saturated carbocycles. The van der Waals surface area contributed by atoms with Crippen molar-refractivity contribution in [3.05, 3.63) is 65.7 Å². The molecule has 3 nitrogen and oxygen atoms in total. The van der Waals surface area contributed by atoms with Gasteiger partial charge in [-0.1, -0.05) is 42.5 Å². The topological polar surface area (TPSA) is 27.7 Å². The van der Waals surface area contributed by atoms with E-state index in [2.05, 4.69) is 0 Å². The van der Waals surface area contributed by atoms with Gasteiger partial charge in [0.15, 0.2) is 6.29 Å². The summed E-state index contributed by atoms with van der Waals surface area (Å²) in [6, 6.07) is 15.3. The number of alkyl halides is 13. The molecule has 0 unspecified atom stereocenters. The van der Waals surface area contributed by atoms with Gasteiger partial charge in [-0.15, -0.1) is 0 Å². The first-order valence-corrected chi connectivity index (χ1v) is 11.7. The van der Waals surface area contributed by atoms with Crippen LogP contribution in [0.5, 0.6) is 5.75 Å². The highest BCUT2D eigenvalue weighted by Crippen LogP contribution is 2.60.